The van der Waals surface area contributed by atoms with Crippen molar-refractivity contribution in [1.82, 2.24) is 5.32 Å². The highest BCUT2D eigenvalue weighted by Gasteiger charge is 2.13. The van der Waals surface area contributed by atoms with Gasteiger partial charge in [0.25, 0.3) is 0 Å². The molecular formula is C13H19BrClNO2S. The van der Waals surface area contributed by atoms with Crippen molar-refractivity contribution >= 4 is 37.4 Å². The van der Waals surface area contributed by atoms with E-state index in [1.165, 1.54) is 0 Å². The molecule has 0 aromatic heterocycles. The molecule has 0 saturated carbocycles. The van der Waals surface area contributed by atoms with Gasteiger partial charge in [0.05, 0.1) is 5.75 Å². The Balaban J connectivity index is 2.68. The standard InChI is InChI=1S/C13H19BrClNO2S/c1-3-19(17,18)6-4-5-13(16-2)10-7-11(14)9-12(15)8-10/h7-9,13,16H,3-6H2,1-2H3. The summed E-state index contributed by atoms with van der Waals surface area (Å²) in [7, 11) is -1.02. The second kappa shape index (κ2) is 7.62. The van der Waals surface area contributed by atoms with Gasteiger partial charge in [-0.05, 0) is 43.7 Å². The molecule has 0 fully saturated rings. The molecule has 19 heavy (non-hydrogen) atoms. The van der Waals surface area contributed by atoms with Crippen molar-refractivity contribution < 1.29 is 8.42 Å². The second-order valence-electron chi connectivity index (χ2n) is 4.42. The molecule has 108 valence electrons. The van der Waals surface area contributed by atoms with Crippen LogP contribution in [0, 0.1) is 0 Å². The van der Waals surface area contributed by atoms with Crippen LogP contribution in [0.1, 0.15) is 31.4 Å². The average Bonchev–Trinajstić information content (AvgIpc) is 2.33. The van der Waals surface area contributed by atoms with Crippen LogP contribution < -0.4 is 5.32 Å². The minimum absolute atomic E-state index is 0.113. The lowest BCUT2D eigenvalue weighted by Crippen LogP contribution is -2.18. The van der Waals surface area contributed by atoms with Gasteiger partial charge < -0.3 is 5.32 Å². The van der Waals surface area contributed by atoms with Gasteiger partial charge in [0.15, 0.2) is 0 Å². The Morgan fingerprint density at radius 2 is 2.05 bits per heavy atom. The number of nitrogens with one attached hydrogen (secondary N) is 1. The third-order valence-corrected chi connectivity index (χ3v) is 5.49. The van der Waals surface area contributed by atoms with E-state index in [9.17, 15) is 8.42 Å². The molecule has 6 heteroatoms. The van der Waals surface area contributed by atoms with Gasteiger partial charge in [0.1, 0.15) is 9.84 Å². The predicted octanol–water partition coefficient (Wildman–Crippen LogP) is 3.58. The summed E-state index contributed by atoms with van der Waals surface area (Å²) in [4.78, 5) is 0. The molecule has 0 radical (unpaired) electrons. The van der Waals surface area contributed by atoms with E-state index < -0.39 is 9.84 Å². The molecule has 1 aromatic carbocycles. The first-order valence-corrected chi connectivity index (χ1v) is 9.21. The Morgan fingerprint density at radius 3 is 2.58 bits per heavy atom. The van der Waals surface area contributed by atoms with Crippen LogP contribution in [0.15, 0.2) is 22.7 Å². The maximum Gasteiger partial charge on any atom is 0.150 e. The summed E-state index contributed by atoms with van der Waals surface area (Å²) in [5.74, 6) is 0.448. The number of hydrogen-bond acceptors (Lipinski definition) is 3. The molecule has 1 atom stereocenters. The van der Waals surface area contributed by atoms with Crippen molar-refractivity contribution in [3.8, 4) is 0 Å². The summed E-state index contributed by atoms with van der Waals surface area (Å²) in [6.07, 6.45) is 1.41. The molecule has 0 aliphatic heterocycles. The highest BCUT2D eigenvalue weighted by atomic mass is 79.9. The molecular weight excluding hydrogens is 350 g/mol. The van der Waals surface area contributed by atoms with Crippen molar-refractivity contribution in [1.29, 1.82) is 0 Å². The monoisotopic (exact) mass is 367 g/mol. The van der Waals surface area contributed by atoms with Crippen LogP contribution in [-0.4, -0.2) is 27.0 Å². The van der Waals surface area contributed by atoms with Gasteiger partial charge in [0.2, 0.25) is 0 Å². The molecule has 0 heterocycles. The van der Waals surface area contributed by atoms with Gasteiger partial charge >= 0.3 is 0 Å². The third kappa shape index (κ3) is 5.81. The highest BCUT2D eigenvalue weighted by molar-refractivity contribution is 9.10. The van der Waals surface area contributed by atoms with Crippen LogP contribution in [0.25, 0.3) is 0 Å². The van der Waals surface area contributed by atoms with E-state index in [4.69, 9.17) is 11.6 Å². The Bertz CT molecular complexity index is 499. The smallest absolute Gasteiger partial charge is 0.150 e. The Labute approximate surface area is 128 Å². The maximum atomic E-state index is 11.5. The molecule has 0 bridgehead atoms. The van der Waals surface area contributed by atoms with Gasteiger partial charge in [-0.15, -0.1) is 0 Å². The SMILES string of the molecule is CCS(=O)(=O)CCCC(NC)c1cc(Cl)cc(Br)c1. The van der Waals surface area contributed by atoms with E-state index in [-0.39, 0.29) is 17.5 Å². The van der Waals surface area contributed by atoms with Crippen molar-refractivity contribution in [3.63, 3.8) is 0 Å². The molecule has 0 saturated heterocycles. The van der Waals surface area contributed by atoms with E-state index in [1.54, 1.807) is 6.92 Å². The highest BCUT2D eigenvalue weighted by Crippen LogP contribution is 2.26. The fourth-order valence-corrected chi connectivity index (χ4v) is 3.69. The largest absolute Gasteiger partial charge is 0.313 e. The lowest BCUT2D eigenvalue weighted by molar-refractivity contribution is 0.535. The summed E-state index contributed by atoms with van der Waals surface area (Å²) in [5, 5.41) is 3.87. The predicted molar refractivity (Wildman–Crippen MR) is 84.5 cm³/mol. The second-order valence-corrected chi connectivity index (χ2v) is 8.25. The zero-order valence-electron chi connectivity index (χ0n) is 11.1. The van der Waals surface area contributed by atoms with Gasteiger partial charge in [-0.2, -0.15) is 0 Å². The first-order chi connectivity index (χ1) is 8.88. The zero-order chi connectivity index (χ0) is 14.5. The lowest BCUT2D eigenvalue weighted by atomic mass is 10.0. The zero-order valence-corrected chi connectivity index (χ0v) is 14.3. The maximum absolute atomic E-state index is 11.5. The van der Waals surface area contributed by atoms with Gasteiger partial charge in [-0.25, -0.2) is 8.42 Å². The van der Waals surface area contributed by atoms with E-state index in [2.05, 4.69) is 21.2 Å². The molecule has 3 nitrogen and oxygen atoms in total. The first kappa shape index (κ1) is 17.0. The van der Waals surface area contributed by atoms with Crippen LogP contribution in [-0.2, 0) is 9.84 Å². The normalized spacial score (nSPS) is 13.5. The van der Waals surface area contributed by atoms with Crippen molar-refractivity contribution in [3.05, 3.63) is 33.3 Å². The topological polar surface area (TPSA) is 46.2 Å². The molecule has 1 N–H and O–H groups in total. The van der Waals surface area contributed by atoms with Crippen LogP contribution in [0.2, 0.25) is 5.02 Å². The number of halogens is 2. The van der Waals surface area contributed by atoms with Crippen LogP contribution in [0.3, 0.4) is 0 Å². The Hall–Kier alpha value is -0.100. The summed E-state index contributed by atoms with van der Waals surface area (Å²) in [6, 6.07) is 5.85. The van der Waals surface area contributed by atoms with E-state index in [1.807, 2.05) is 25.2 Å². The number of rotatable bonds is 7. The minimum Gasteiger partial charge on any atom is -0.313 e. The van der Waals surface area contributed by atoms with E-state index >= 15 is 0 Å². The van der Waals surface area contributed by atoms with Gasteiger partial charge in [-0.3, -0.25) is 0 Å². The molecule has 0 spiro atoms. The van der Waals surface area contributed by atoms with E-state index in [0.717, 1.165) is 16.5 Å². The van der Waals surface area contributed by atoms with Crippen molar-refractivity contribution in [2.75, 3.05) is 18.6 Å². The number of hydrogen-bond donors (Lipinski definition) is 1. The summed E-state index contributed by atoms with van der Waals surface area (Å²) in [5.41, 5.74) is 1.07. The summed E-state index contributed by atoms with van der Waals surface area (Å²) < 4.78 is 23.9. The molecule has 1 rings (SSSR count). The van der Waals surface area contributed by atoms with Crippen LogP contribution >= 0.6 is 27.5 Å². The molecule has 0 amide bonds. The average molecular weight is 369 g/mol. The number of sulfone groups is 1. The summed E-state index contributed by atoms with van der Waals surface area (Å²) in [6.45, 7) is 1.68. The molecule has 0 aliphatic carbocycles. The van der Waals surface area contributed by atoms with Gasteiger partial charge in [0, 0.05) is 21.3 Å². The minimum atomic E-state index is -2.89. The molecule has 1 aromatic rings. The number of benzene rings is 1. The lowest BCUT2D eigenvalue weighted by Gasteiger charge is -2.17. The fraction of sp³-hybridized carbons (Fsp3) is 0.538. The first-order valence-electron chi connectivity index (χ1n) is 6.21. The molecule has 1 unspecified atom stereocenters. The van der Waals surface area contributed by atoms with E-state index in [0.29, 0.717) is 11.4 Å². The van der Waals surface area contributed by atoms with Crippen molar-refractivity contribution in [2.45, 2.75) is 25.8 Å². The summed E-state index contributed by atoms with van der Waals surface area (Å²) >= 11 is 9.44. The third-order valence-electron chi connectivity index (χ3n) is 3.02. The van der Waals surface area contributed by atoms with Crippen molar-refractivity contribution in [2.24, 2.45) is 0 Å². The Kier molecular flexibility index (Phi) is 6.80. The van der Waals surface area contributed by atoms with Crippen LogP contribution in [0.4, 0.5) is 0 Å². The van der Waals surface area contributed by atoms with Crippen LogP contribution in [0.5, 0.6) is 0 Å². The van der Waals surface area contributed by atoms with Gasteiger partial charge in [-0.1, -0.05) is 34.5 Å². The molecule has 0 aliphatic rings. The fourth-order valence-electron chi connectivity index (χ4n) is 1.91. The quantitative estimate of drug-likeness (QED) is 0.800. The Morgan fingerprint density at radius 1 is 1.37 bits per heavy atom.